The molecule has 0 bridgehead atoms. The van der Waals surface area contributed by atoms with Crippen LogP contribution in [-0.4, -0.2) is 57.6 Å². The molecule has 8 heteroatoms. The maximum atomic E-state index is 12.0. The second-order valence-corrected chi connectivity index (χ2v) is 5.00. The Morgan fingerprint density at radius 3 is 2.76 bits per heavy atom. The highest BCUT2D eigenvalue weighted by molar-refractivity contribution is 5.74. The minimum absolute atomic E-state index is 0.0813. The predicted octanol–water partition coefficient (Wildman–Crippen LogP) is 0.195. The van der Waals surface area contributed by atoms with E-state index in [0.29, 0.717) is 32.5 Å². The molecule has 2 rings (SSSR count). The average molecular weight is 296 g/mol. The van der Waals surface area contributed by atoms with Crippen molar-refractivity contribution in [3.63, 3.8) is 0 Å². The van der Waals surface area contributed by atoms with Crippen LogP contribution < -0.4 is 5.32 Å². The van der Waals surface area contributed by atoms with Crippen LogP contribution in [0, 0.1) is 0 Å². The van der Waals surface area contributed by atoms with Crippen LogP contribution in [0.1, 0.15) is 18.5 Å². The van der Waals surface area contributed by atoms with Crippen molar-refractivity contribution in [2.75, 3.05) is 19.7 Å². The van der Waals surface area contributed by atoms with Gasteiger partial charge in [0.2, 0.25) is 0 Å². The number of carbonyl (C=O) groups is 2. The summed E-state index contributed by atoms with van der Waals surface area (Å²) in [7, 11) is 1.83. The van der Waals surface area contributed by atoms with E-state index in [9.17, 15) is 9.59 Å². The van der Waals surface area contributed by atoms with Crippen molar-refractivity contribution < 1.29 is 19.4 Å². The maximum absolute atomic E-state index is 12.0. The van der Waals surface area contributed by atoms with E-state index in [-0.39, 0.29) is 18.7 Å². The summed E-state index contributed by atoms with van der Waals surface area (Å²) in [5.41, 5.74) is 0.933. The van der Waals surface area contributed by atoms with Crippen LogP contribution in [0.4, 0.5) is 4.79 Å². The average Bonchev–Trinajstić information content (AvgIpc) is 2.88. The number of likely N-dealkylation sites (tertiary alicyclic amines) is 1. The van der Waals surface area contributed by atoms with Gasteiger partial charge in [-0.1, -0.05) is 0 Å². The van der Waals surface area contributed by atoms with Crippen molar-refractivity contribution in [2.24, 2.45) is 7.05 Å². The van der Waals surface area contributed by atoms with Gasteiger partial charge >= 0.3 is 12.0 Å². The number of hydrogen-bond donors (Lipinski definition) is 2. The predicted molar refractivity (Wildman–Crippen MR) is 73.6 cm³/mol. The summed E-state index contributed by atoms with van der Waals surface area (Å²) in [6, 6.07) is 1.74. The zero-order chi connectivity index (χ0) is 15.2. The number of aliphatic carboxylic acids is 1. The summed E-state index contributed by atoms with van der Waals surface area (Å²) in [4.78, 5) is 24.2. The summed E-state index contributed by atoms with van der Waals surface area (Å²) >= 11 is 0. The highest BCUT2D eigenvalue weighted by Crippen LogP contribution is 2.13. The molecule has 0 aromatic carbocycles. The number of piperidine rings is 1. The minimum atomic E-state index is -0.966. The quantitative estimate of drug-likeness (QED) is 0.809. The number of nitrogens with one attached hydrogen (secondary N) is 1. The van der Waals surface area contributed by atoms with Crippen molar-refractivity contribution in [3.05, 3.63) is 18.0 Å². The van der Waals surface area contributed by atoms with Crippen LogP contribution in [0.2, 0.25) is 0 Å². The van der Waals surface area contributed by atoms with Gasteiger partial charge in [-0.25, -0.2) is 9.59 Å². The molecule has 0 unspecified atom stereocenters. The Kier molecular flexibility index (Phi) is 5.15. The molecule has 0 saturated carbocycles. The number of carboxylic acids is 1. The van der Waals surface area contributed by atoms with Gasteiger partial charge in [-0.2, -0.15) is 5.10 Å². The fraction of sp³-hybridized carbons (Fsp3) is 0.615. The first-order valence-electron chi connectivity index (χ1n) is 6.89. The fourth-order valence-electron chi connectivity index (χ4n) is 2.27. The van der Waals surface area contributed by atoms with Gasteiger partial charge in [0.15, 0.2) is 0 Å². The van der Waals surface area contributed by atoms with E-state index in [1.54, 1.807) is 15.8 Å². The van der Waals surface area contributed by atoms with E-state index in [2.05, 4.69) is 10.4 Å². The monoisotopic (exact) mass is 296 g/mol. The van der Waals surface area contributed by atoms with Crippen molar-refractivity contribution in [1.29, 1.82) is 0 Å². The first-order valence-corrected chi connectivity index (χ1v) is 6.89. The van der Waals surface area contributed by atoms with E-state index < -0.39 is 5.97 Å². The number of aromatic nitrogens is 2. The van der Waals surface area contributed by atoms with Crippen LogP contribution in [0.15, 0.2) is 12.3 Å². The number of ether oxygens (including phenoxy) is 1. The highest BCUT2D eigenvalue weighted by Gasteiger charge is 2.23. The lowest BCUT2D eigenvalue weighted by molar-refractivity contribution is -0.145. The van der Waals surface area contributed by atoms with E-state index in [1.165, 1.54) is 0 Å². The van der Waals surface area contributed by atoms with Crippen LogP contribution >= 0.6 is 0 Å². The Balaban J connectivity index is 1.70. The number of rotatable bonds is 5. The van der Waals surface area contributed by atoms with Gasteiger partial charge in [-0.15, -0.1) is 0 Å². The van der Waals surface area contributed by atoms with Crippen LogP contribution in [0.3, 0.4) is 0 Å². The molecular formula is C13H20N4O4. The molecule has 2 amide bonds. The topological polar surface area (TPSA) is 96.7 Å². The molecule has 0 spiro atoms. The van der Waals surface area contributed by atoms with Gasteiger partial charge in [0.05, 0.1) is 18.3 Å². The zero-order valence-corrected chi connectivity index (χ0v) is 12.0. The molecule has 1 fully saturated rings. The van der Waals surface area contributed by atoms with Crippen LogP contribution in [-0.2, 0) is 23.1 Å². The van der Waals surface area contributed by atoms with Gasteiger partial charge in [0, 0.05) is 26.3 Å². The lowest BCUT2D eigenvalue weighted by Crippen LogP contribution is -2.46. The molecule has 0 aliphatic carbocycles. The standard InChI is InChI=1S/C13H20N4O4/c1-16-10(2-5-15-16)8-14-13(20)17-6-3-11(4-7-17)21-9-12(18)19/h2,5,11H,3-4,6-9H2,1H3,(H,14,20)(H,18,19). The molecule has 1 saturated heterocycles. The summed E-state index contributed by atoms with van der Waals surface area (Å²) in [6.07, 6.45) is 2.92. The highest BCUT2D eigenvalue weighted by atomic mass is 16.5. The molecule has 1 aliphatic heterocycles. The first-order chi connectivity index (χ1) is 10.1. The molecule has 2 N–H and O–H groups in total. The van der Waals surface area contributed by atoms with E-state index >= 15 is 0 Å². The maximum Gasteiger partial charge on any atom is 0.329 e. The zero-order valence-electron chi connectivity index (χ0n) is 12.0. The van der Waals surface area contributed by atoms with Crippen LogP contribution in [0.25, 0.3) is 0 Å². The molecule has 116 valence electrons. The van der Waals surface area contributed by atoms with Crippen molar-refractivity contribution in [1.82, 2.24) is 20.0 Å². The molecule has 8 nitrogen and oxygen atoms in total. The Bertz CT molecular complexity index is 494. The normalized spacial score (nSPS) is 16.0. The third-order valence-corrected chi connectivity index (χ3v) is 3.51. The molecular weight excluding hydrogens is 276 g/mol. The lowest BCUT2D eigenvalue weighted by atomic mass is 10.1. The van der Waals surface area contributed by atoms with Gasteiger partial charge < -0.3 is 20.1 Å². The van der Waals surface area contributed by atoms with Gasteiger partial charge in [0.25, 0.3) is 0 Å². The molecule has 0 atom stereocenters. The summed E-state index contributed by atoms with van der Waals surface area (Å²) < 4.78 is 6.95. The van der Waals surface area contributed by atoms with E-state index in [4.69, 9.17) is 9.84 Å². The largest absolute Gasteiger partial charge is 0.480 e. The van der Waals surface area contributed by atoms with Gasteiger partial charge in [-0.3, -0.25) is 4.68 Å². The Morgan fingerprint density at radius 2 is 2.19 bits per heavy atom. The Hall–Kier alpha value is -2.09. The number of carboxylic acid groups (broad SMARTS) is 1. The van der Waals surface area contributed by atoms with Crippen molar-refractivity contribution in [2.45, 2.75) is 25.5 Å². The second-order valence-electron chi connectivity index (χ2n) is 5.00. The number of urea groups is 1. The van der Waals surface area contributed by atoms with Crippen molar-refractivity contribution >= 4 is 12.0 Å². The van der Waals surface area contributed by atoms with E-state index in [0.717, 1.165) is 5.69 Å². The van der Waals surface area contributed by atoms with Crippen molar-refractivity contribution in [3.8, 4) is 0 Å². The minimum Gasteiger partial charge on any atom is -0.480 e. The molecule has 2 heterocycles. The number of aryl methyl sites for hydroxylation is 1. The third-order valence-electron chi connectivity index (χ3n) is 3.51. The smallest absolute Gasteiger partial charge is 0.329 e. The SMILES string of the molecule is Cn1nccc1CNC(=O)N1CCC(OCC(=O)O)CC1. The number of amides is 2. The number of nitrogens with zero attached hydrogens (tertiary/aromatic N) is 3. The number of hydrogen-bond acceptors (Lipinski definition) is 4. The fourth-order valence-corrected chi connectivity index (χ4v) is 2.27. The van der Waals surface area contributed by atoms with E-state index in [1.807, 2.05) is 13.1 Å². The van der Waals surface area contributed by atoms with Gasteiger partial charge in [-0.05, 0) is 18.9 Å². The van der Waals surface area contributed by atoms with Gasteiger partial charge in [0.1, 0.15) is 6.61 Å². The molecule has 0 radical (unpaired) electrons. The number of carbonyl (C=O) groups excluding carboxylic acids is 1. The summed E-state index contributed by atoms with van der Waals surface area (Å²) in [5, 5.41) is 15.5. The third kappa shape index (κ3) is 4.45. The lowest BCUT2D eigenvalue weighted by Gasteiger charge is -2.31. The molecule has 1 aromatic heterocycles. The summed E-state index contributed by atoms with van der Waals surface area (Å²) in [6.45, 7) is 1.30. The first kappa shape index (κ1) is 15.3. The van der Waals surface area contributed by atoms with Crippen LogP contribution in [0.5, 0.6) is 0 Å². The molecule has 1 aliphatic rings. The molecule has 21 heavy (non-hydrogen) atoms. The Labute approximate surface area is 122 Å². The second kappa shape index (κ2) is 7.07. The Morgan fingerprint density at radius 1 is 1.48 bits per heavy atom. The summed E-state index contributed by atoms with van der Waals surface area (Å²) in [5.74, 6) is -0.966. The molecule has 1 aromatic rings.